The molecule has 0 spiro atoms. The number of hydrogen-bond acceptors (Lipinski definition) is 5. The molecule has 1 aliphatic rings. The number of phenolic OH excluding ortho intramolecular Hbond substituents is 1. The van der Waals surface area contributed by atoms with Crippen molar-refractivity contribution in [3.05, 3.63) is 78.9 Å². The van der Waals surface area contributed by atoms with Gasteiger partial charge in [0.2, 0.25) is 0 Å². The van der Waals surface area contributed by atoms with E-state index in [9.17, 15) is 5.11 Å². The molecule has 168 valence electrons. The predicted molar refractivity (Wildman–Crippen MR) is 135 cm³/mol. The number of nitrogens with zero attached hydrogens (tertiary/aromatic N) is 3. The van der Waals surface area contributed by atoms with Crippen molar-refractivity contribution in [2.75, 3.05) is 0 Å². The Morgan fingerprint density at radius 1 is 0.647 bits per heavy atom. The van der Waals surface area contributed by atoms with E-state index in [0.29, 0.717) is 23.2 Å². The summed E-state index contributed by atoms with van der Waals surface area (Å²) in [6.07, 6.45) is 5.68. The molecule has 1 N–H and O–H groups in total. The standard InChI is InChI=1S/C29H25N3O2/c33-26-17-9-8-16-24(26)27-30-28(32-29(31-27)34-20-11-2-1-3-12-20)25-18-19-10-4-5-13-21(19)22-14-6-7-15-23(22)25/h4-10,13-18,20,33H,1-3,11-12H2. The Balaban J connectivity index is 1.57. The minimum atomic E-state index is 0.106. The van der Waals surface area contributed by atoms with Gasteiger partial charge in [-0.3, -0.25) is 0 Å². The van der Waals surface area contributed by atoms with Crippen molar-refractivity contribution in [3.63, 3.8) is 0 Å². The normalized spacial score (nSPS) is 14.5. The highest BCUT2D eigenvalue weighted by molar-refractivity contribution is 6.13. The Morgan fingerprint density at radius 2 is 1.29 bits per heavy atom. The quantitative estimate of drug-likeness (QED) is 0.303. The molecule has 4 aromatic carbocycles. The molecular formula is C29H25N3O2. The fraction of sp³-hybridized carbons (Fsp3) is 0.207. The lowest BCUT2D eigenvalue weighted by Crippen LogP contribution is -2.21. The van der Waals surface area contributed by atoms with Crippen LogP contribution >= 0.6 is 0 Å². The van der Waals surface area contributed by atoms with E-state index in [0.717, 1.165) is 47.4 Å². The Labute approximate surface area is 198 Å². The highest BCUT2D eigenvalue weighted by Gasteiger charge is 2.20. The minimum Gasteiger partial charge on any atom is -0.507 e. The van der Waals surface area contributed by atoms with Crippen LogP contribution in [0.15, 0.2) is 78.9 Å². The zero-order valence-electron chi connectivity index (χ0n) is 18.8. The van der Waals surface area contributed by atoms with E-state index in [1.165, 1.54) is 11.8 Å². The Hall–Kier alpha value is -3.99. The third-order valence-corrected chi connectivity index (χ3v) is 6.59. The summed E-state index contributed by atoms with van der Waals surface area (Å²) < 4.78 is 6.28. The maximum absolute atomic E-state index is 10.5. The summed E-state index contributed by atoms with van der Waals surface area (Å²) in [7, 11) is 0. The number of hydrogen-bond donors (Lipinski definition) is 1. The van der Waals surface area contributed by atoms with E-state index in [2.05, 4.69) is 47.4 Å². The third-order valence-electron chi connectivity index (χ3n) is 6.59. The first-order valence-electron chi connectivity index (χ1n) is 11.9. The number of ether oxygens (including phenoxy) is 1. The summed E-state index contributed by atoms with van der Waals surface area (Å²) in [4.78, 5) is 14.2. The van der Waals surface area contributed by atoms with Gasteiger partial charge in [0.25, 0.3) is 0 Å². The molecule has 1 fully saturated rings. The van der Waals surface area contributed by atoms with Crippen molar-refractivity contribution in [1.82, 2.24) is 15.0 Å². The van der Waals surface area contributed by atoms with E-state index >= 15 is 0 Å². The van der Waals surface area contributed by atoms with Crippen LogP contribution in [0, 0.1) is 0 Å². The average molecular weight is 448 g/mol. The number of fused-ring (bicyclic) bond motifs is 3. The van der Waals surface area contributed by atoms with Gasteiger partial charge in [-0.1, -0.05) is 67.1 Å². The van der Waals surface area contributed by atoms with Crippen LogP contribution in [0.3, 0.4) is 0 Å². The molecule has 1 aromatic heterocycles. The monoisotopic (exact) mass is 447 g/mol. The SMILES string of the molecule is Oc1ccccc1-c1nc(OC2CCCCC2)nc(-c2cc3ccccc3c3ccccc23)n1. The van der Waals surface area contributed by atoms with Gasteiger partial charge in [0.15, 0.2) is 11.6 Å². The number of aromatic hydroxyl groups is 1. The Morgan fingerprint density at radius 3 is 2.09 bits per heavy atom. The number of para-hydroxylation sites is 1. The minimum absolute atomic E-state index is 0.106. The summed E-state index contributed by atoms with van der Waals surface area (Å²) in [5, 5.41) is 15.0. The maximum atomic E-state index is 10.5. The van der Waals surface area contributed by atoms with Crippen molar-refractivity contribution in [2.24, 2.45) is 0 Å². The van der Waals surface area contributed by atoms with E-state index in [1.807, 2.05) is 24.3 Å². The lowest BCUT2D eigenvalue weighted by Gasteiger charge is -2.22. The van der Waals surface area contributed by atoms with Crippen molar-refractivity contribution < 1.29 is 9.84 Å². The molecule has 5 nitrogen and oxygen atoms in total. The van der Waals surface area contributed by atoms with Crippen LogP contribution in [0.25, 0.3) is 44.3 Å². The first-order chi connectivity index (χ1) is 16.8. The summed E-state index contributed by atoms with van der Waals surface area (Å²) in [6, 6.07) is 26.2. The molecule has 1 heterocycles. The number of rotatable bonds is 4. The van der Waals surface area contributed by atoms with Gasteiger partial charge in [0.1, 0.15) is 11.9 Å². The van der Waals surface area contributed by atoms with E-state index in [4.69, 9.17) is 14.7 Å². The second-order valence-corrected chi connectivity index (χ2v) is 8.85. The fourth-order valence-corrected chi connectivity index (χ4v) is 4.88. The highest BCUT2D eigenvalue weighted by Crippen LogP contribution is 2.36. The largest absolute Gasteiger partial charge is 0.507 e. The second-order valence-electron chi connectivity index (χ2n) is 8.85. The molecule has 0 unspecified atom stereocenters. The lowest BCUT2D eigenvalue weighted by molar-refractivity contribution is 0.142. The zero-order chi connectivity index (χ0) is 22.9. The molecule has 0 bridgehead atoms. The molecular weight excluding hydrogens is 422 g/mol. The van der Waals surface area contributed by atoms with Gasteiger partial charge >= 0.3 is 6.01 Å². The van der Waals surface area contributed by atoms with E-state index in [1.54, 1.807) is 12.1 Å². The van der Waals surface area contributed by atoms with Gasteiger partial charge in [-0.15, -0.1) is 0 Å². The molecule has 0 radical (unpaired) electrons. The van der Waals surface area contributed by atoms with Gasteiger partial charge in [-0.2, -0.15) is 9.97 Å². The summed E-state index contributed by atoms with van der Waals surface area (Å²) in [5.41, 5.74) is 1.48. The second kappa shape index (κ2) is 8.75. The summed E-state index contributed by atoms with van der Waals surface area (Å²) in [6.45, 7) is 0. The molecule has 34 heavy (non-hydrogen) atoms. The Kier molecular flexibility index (Phi) is 5.30. The molecule has 1 aliphatic carbocycles. The molecule has 5 heteroatoms. The molecule has 5 aromatic rings. The van der Waals surface area contributed by atoms with Crippen LogP contribution in [-0.4, -0.2) is 26.2 Å². The predicted octanol–water partition coefficient (Wildman–Crippen LogP) is 6.93. The van der Waals surface area contributed by atoms with Crippen LogP contribution in [-0.2, 0) is 0 Å². The van der Waals surface area contributed by atoms with Crippen molar-refractivity contribution >= 4 is 21.5 Å². The number of aromatic nitrogens is 3. The highest BCUT2D eigenvalue weighted by atomic mass is 16.5. The smallest absolute Gasteiger partial charge is 0.320 e. The van der Waals surface area contributed by atoms with Gasteiger partial charge in [0, 0.05) is 5.56 Å². The van der Waals surface area contributed by atoms with Crippen LogP contribution in [0.4, 0.5) is 0 Å². The molecule has 0 aliphatic heterocycles. The van der Waals surface area contributed by atoms with E-state index < -0.39 is 0 Å². The van der Waals surface area contributed by atoms with Crippen molar-refractivity contribution in [3.8, 4) is 34.5 Å². The average Bonchev–Trinajstić information content (AvgIpc) is 2.89. The van der Waals surface area contributed by atoms with Crippen molar-refractivity contribution in [2.45, 2.75) is 38.2 Å². The van der Waals surface area contributed by atoms with Gasteiger partial charge in [-0.05, 0) is 65.4 Å². The number of phenols is 1. The van der Waals surface area contributed by atoms with Crippen LogP contribution in [0.5, 0.6) is 11.8 Å². The van der Waals surface area contributed by atoms with Crippen LogP contribution in [0.1, 0.15) is 32.1 Å². The van der Waals surface area contributed by atoms with Gasteiger partial charge in [-0.25, -0.2) is 4.98 Å². The van der Waals surface area contributed by atoms with E-state index in [-0.39, 0.29) is 11.9 Å². The molecule has 6 rings (SSSR count). The first kappa shape index (κ1) is 20.6. The van der Waals surface area contributed by atoms with Gasteiger partial charge in [0.05, 0.1) is 5.56 Å². The molecule has 0 atom stereocenters. The zero-order valence-corrected chi connectivity index (χ0v) is 18.8. The molecule has 0 amide bonds. The van der Waals surface area contributed by atoms with Crippen molar-refractivity contribution in [1.29, 1.82) is 0 Å². The molecule has 0 saturated heterocycles. The number of benzene rings is 4. The first-order valence-corrected chi connectivity index (χ1v) is 11.9. The lowest BCUT2D eigenvalue weighted by atomic mass is 9.97. The third kappa shape index (κ3) is 3.83. The summed E-state index contributed by atoms with van der Waals surface area (Å²) >= 11 is 0. The van der Waals surface area contributed by atoms with Crippen LogP contribution < -0.4 is 4.74 Å². The maximum Gasteiger partial charge on any atom is 0.320 e. The Bertz CT molecular complexity index is 1490. The summed E-state index contributed by atoms with van der Waals surface area (Å²) in [5.74, 6) is 1.08. The fourth-order valence-electron chi connectivity index (χ4n) is 4.88. The van der Waals surface area contributed by atoms with Gasteiger partial charge < -0.3 is 9.84 Å². The molecule has 1 saturated carbocycles. The topological polar surface area (TPSA) is 68.1 Å². The van der Waals surface area contributed by atoms with Crippen LogP contribution in [0.2, 0.25) is 0 Å².